The molecule has 3 aromatic rings. The molecule has 1 atom stereocenters. The van der Waals surface area contributed by atoms with Gasteiger partial charge in [0, 0.05) is 12.7 Å². The smallest absolute Gasteiger partial charge is 0.341 e. The summed E-state index contributed by atoms with van der Waals surface area (Å²) < 4.78 is 24.6. The Bertz CT molecular complexity index is 1120. The molecule has 0 N–H and O–H groups in total. The Hall–Kier alpha value is -3.48. The van der Waals surface area contributed by atoms with Crippen molar-refractivity contribution < 1.29 is 18.7 Å². The molecule has 2 heterocycles. The first-order valence-corrected chi connectivity index (χ1v) is 11.2. The molecule has 0 amide bonds. The number of aryl methyl sites for hydroxylation is 3. The molecule has 1 unspecified atom stereocenters. The topological polar surface area (TPSA) is 64.5 Å². The van der Waals surface area contributed by atoms with Crippen molar-refractivity contribution in [2.75, 3.05) is 25.2 Å². The molecule has 0 aliphatic carbocycles. The van der Waals surface area contributed by atoms with Gasteiger partial charge in [0.1, 0.15) is 6.61 Å². The molecule has 1 fully saturated rings. The van der Waals surface area contributed by atoms with Gasteiger partial charge in [0.15, 0.2) is 11.6 Å². The predicted octanol–water partition coefficient (Wildman–Crippen LogP) is 4.54. The number of esters is 1. The van der Waals surface area contributed by atoms with Gasteiger partial charge in [-0.05, 0) is 55.9 Å². The van der Waals surface area contributed by atoms with Gasteiger partial charge < -0.3 is 14.4 Å². The van der Waals surface area contributed by atoms with Crippen molar-refractivity contribution in [1.82, 2.24) is 9.97 Å². The summed E-state index contributed by atoms with van der Waals surface area (Å²) in [4.78, 5) is 23.7. The lowest BCUT2D eigenvalue weighted by atomic mass is 10.0. The van der Waals surface area contributed by atoms with E-state index in [2.05, 4.69) is 28.9 Å². The SMILES string of the molecule is COC(=O)c1cnc(N2CCCC2COc2ccccc2F)nc1CCc1ccccc1C. The third-order valence-corrected chi connectivity index (χ3v) is 6.05. The summed E-state index contributed by atoms with van der Waals surface area (Å²) in [6.07, 6.45) is 4.76. The van der Waals surface area contributed by atoms with Crippen LogP contribution in [0.15, 0.2) is 54.7 Å². The van der Waals surface area contributed by atoms with Crippen molar-refractivity contribution in [3.8, 4) is 5.75 Å². The molecule has 6 nitrogen and oxygen atoms in total. The second kappa shape index (κ2) is 10.4. The standard InChI is InChI=1S/C26H28FN3O3/c1-18-8-3-4-9-19(18)13-14-23-21(25(31)32-2)16-28-26(29-23)30-15-7-10-20(30)17-33-24-12-6-5-11-22(24)27/h3-6,8-9,11-12,16,20H,7,10,13-15,17H2,1-2H3. The number of methoxy groups -OCH3 is 1. The lowest BCUT2D eigenvalue weighted by Crippen LogP contribution is -2.36. The van der Waals surface area contributed by atoms with Gasteiger partial charge in [0.25, 0.3) is 0 Å². The maximum atomic E-state index is 13.9. The van der Waals surface area contributed by atoms with E-state index in [1.807, 2.05) is 12.1 Å². The number of hydrogen-bond donors (Lipinski definition) is 0. The number of anilines is 1. The van der Waals surface area contributed by atoms with Crippen molar-refractivity contribution in [3.05, 3.63) is 82.9 Å². The fourth-order valence-electron chi connectivity index (χ4n) is 4.18. The maximum Gasteiger partial charge on any atom is 0.341 e. The highest BCUT2D eigenvalue weighted by molar-refractivity contribution is 5.90. The van der Waals surface area contributed by atoms with E-state index in [9.17, 15) is 9.18 Å². The zero-order valence-electron chi connectivity index (χ0n) is 19.0. The van der Waals surface area contributed by atoms with E-state index in [1.54, 1.807) is 24.4 Å². The summed E-state index contributed by atoms with van der Waals surface area (Å²) in [6, 6.07) is 14.6. The van der Waals surface area contributed by atoms with Crippen LogP contribution in [-0.4, -0.2) is 42.2 Å². The van der Waals surface area contributed by atoms with Crippen LogP contribution in [-0.2, 0) is 17.6 Å². The molecule has 1 aliphatic heterocycles. The average molecular weight is 450 g/mol. The van der Waals surface area contributed by atoms with Gasteiger partial charge >= 0.3 is 5.97 Å². The molecule has 172 valence electrons. The molecule has 0 radical (unpaired) electrons. The van der Waals surface area contributed by atoms with Crippen molar-refractivity contribution >= 4 is 11.9 Å². The Morgan fingerprint density at radius 1 is 1.15 bits per heavy atom. The third-order valence-electron chi connectivity index (χ3n) is 6.05. The summed E-state index contributed by atoms with van der Waals surface area (Å²) in [5, 5.41) is 0. The van der Waals surface area contributed by atoms with Crippen molar-refractivity contribution in [1.29, 1.82) is 0 Å². The number of carbonyl (C=O) groups is 1. The van der Waals surface area contributed by atoms with Gasteiger partial charge in [0.2, 0.25) is 5.95 Å². The Labute approximate surface area is 193 Å². The quantitative estimate of drug-likeness (QED) is 0.471. The number of halogens is 1. The van der Waals surface area contributed by atoms with Gasteiger partial charge in [-0.1, -0.05) is 36.4 Å². The first kappa shape index (κ1) is 22.7. The van der Waals surface area contributed by atoms with E-state index in [4.69, 9.17) is 14.5 Å². The number of nitrogens with zero attached hydrogens (tertiary/aromatic N) is 3. The Morgan fingerprint density at radius 3 is 2.73 bits per heavy atom. The van der Waals surface area contributed by atoms with Crippen LogP contribution in [0.25, 0.3) is 0 Å². The van der Waals surface area contributed by atoms with Crippen LogP contribution in [0.1, 0.15) is 40.0 Å². The lowest BCUT2D eigenvalue weighted by molar-refractivity contribution is 0.0598. The van der Waals surface area contributed by atoms with Crippen molar-refractivity contribution in [2.45, 2.75) is 38.6 Å². The first-order valence-electron chi connectivity index (χ1n) is 11.2. The number of aromatic nitrogens is 2. The molecule has 1 saturated heterocycles. The largest absolute Gasteiger partial charge is 0.488 e. The number of para-hydroxylation sites is 1. The van der Waals surface area contributed by atoms with Crippen LogP contribution >= 0.6 is 0 Å². The Balaban J connectivity index is 1.53. The van der Waals surface area contributed by atoms with E-state index >= 15 is 0 Å². The zero-order chi connectivity index (χ0) is 23.2. The summed E-state index contributed by atoms with van der Waals surface area (Å²) in [5.41, 5.74) is 3.46. The molecule has 2 aromatic carbocycles. The van der Waals surface area contributed by atoms with Crippen LogP contribution in [0.5, 0.6) is 5.75 Å². The van der Waals surface area contributed by atoms with E-state index in [0.29, 0.717) is 30.2 Å². The van der Waals surface area contributed by atoms with Gasteiger partial charge in [0.05, 0.1) is 24.4 Å². The predicted molar refractivity (Wildman–Crippen MR) is 124 cm³/mol. The van der Waals surface area contributed by atoms with Crippen LogP contribution < -0.4 is 9.64 Å². The van der Waals surface area contributed by atoms with Crippen LogP contribution in [0.4, 0.5) is 10.3 Å². The number of benzene rings is 2. The van der Waals surface area contributed by atoms with Crippen LogP contribution in [0, 0.1) is 12.7 Å². The fraction of sp³-hybridized carbons (Fsp3) is 0.346. The second-order valence-corrected chi connectivity index (χ2v) is 8.18. The van der Waals surface area contributed by atoms with Gasteiger partial charge in [-0.2, -0.15) is 0 Å². The summed E-state index contributed by atoms with van der Waals surface area (Å²) in [6.45, 7) is 3.19. The number of hydrogen-bond acceptors (Lipinski definition) is 6. The summed E-state index contributed by atoms with van der Waals surface area (Å²) in [7, 11) is 1.36. The number of rotatable bonds is 8. The summed E-state index contributed by atoms with van der Waals surface area (Å²) in [5.74, 6) is -0.0197. The minimum absolute atomic E-state index is 0.0257. The van der Waals surface area contributed by atoms with Crippen LogP contribution in [0.3, 0.4) is 0 Å². The number of carbonyl (C=O) groups excluding carboxylic acids is 1. The highest BCUT2D eigenvalue weighted by atomic mass is 19.1. The minimum atomic E-state index is -0.442. The highest BCUT2D eigenvalue weighted by Crippen LogP contribution is 2.26. The van der Waals surface area contributed by atoms with Gasteiger partial charge in [-0.3, -0.25) is 0 Å². The molecule has 1 aliphatic rings. The molecule has 33 heavy (non-hydrogen) atoms. The first-order chi connectivity index (χ1) is 16.1. The van der Waals surface area contributed by atoms with Crippen molar-refractivity contribution in [2.24, 2.45) is 0 Å². The molecular formula is C26H28FN3O3. The average Bonchev–Trinajstić information content (AvgIpc) is 3.31. The van der Waals surface area contributed by atoms with E-state index < -0.39 is 5.97 Å². The van der Waals surface area contributed by atoms with Crippen LogP contribution in [0.2, 0.25) is 0 Å². The Kier molecular flexibility index (Phi) is 7.17. The normalized spacial score (nSPS) is 15.5. The lowest BCUT2D eigenvalue weighted by Gasteiger charge is -2.25. The molecule has 0 saturated carbocycles. The Morgan fingerprint density at radius 2 is 1.94 bits per heavy atom. The zero-order valence-corrected chi connectivity index (χ0v) is 19.0. The fourth-order valence-corrected chi connectivity index (χ4v) is 4.18. The minimum Gasteiger partial charge on any atom is -0.488 e. The highest BCUT2D eigenvalue weighted by Gasteiger charge is 2.29. The van der Waals surface area contributed by atoms with Gasteiger partial charge in [-0.15, -0.1) is 0 Å². The molecule has 0 bridgehead atoms. The monoisotopic (exact) mass is 449 g/mol. The van der Waals surface area contributed by atoms with E-state index in [1.165, 1.54) is 24.3 Å². The molecular weight excluding hydrogens is 421 g/mol. The van der Waals surface area contributed by atoms with E-state index in [-0.39, 0.29) is 17.6 Å². The molecule has 1 aromatic heterocycles. The third kappa shape index (κ3) is 5.30. The van der Waals surface area contributed by atoms with Gasteiger partial charge in [-0.25, -0.2) is 19.2 Å². The summed E-state index contributed by atoms with van der Waals surface area (Å²) >= 11 is 0. The second-order valence-electron chi connectivity index (χ2n) is 8.18. The molecule has 7 heteroatoms. The van der Waals surface area contributed by atoms with Crippen molar-refractivity contribution in [3.63, 3.8) is 0 Å². The number of ether oxygens (including phenoxy) is 2. The molecule has 0 spiro atoms. The van der Waals surface area contributed by atoms with E-state index in [0.717, 1.165) is 25.8 Å². The maximum absolute atomic E-state index is 13.9. The molecule has 4 rings (SSSR count).